The third-order valence-corrected chi connectivity index (χ3v) is 3.03. The molecule has 1 aliphatic rings. The number of nitrogens with zero attached hydrogens (tertiary/aromatic N) is 1. The molecule has 0 amide bonds. The lowest BCUT2D eigenvalue weighted by Crippen LogP contribution is -2.35. The van der Waals surface area contributed by atoms with E-state index in [1.54, 1.807) is 0 Å². The molecular formula is C14H29NO. The highest BCUT2D eigenvalue weighted by Gasteiger charge is 2.44. The Balaban J connectivity index is 2.30. The van der Waals surface area contributed by atoms with E-state index in [4.69, 9.17) is 4.74 Å². The quantitative estimate of drug-likeness (QED) is 0.691. The third-order valence-electron chi connectivity index (χ3n) is 3.03. The summed E-state index contributed by atoms with van der Waals surface area (Å²) in [5.74, 6) is 0. The molecule has 1 saturated carbocycles. The maximum Gasteiger partial charge on any atom is 0.0538 e. The lowest BCUT2D eigenvalue weighted by molar-refractivity contribution is 0.0307. The molecule has 1 fully saturated rings. The third kappa shape index (κ3) is 5.31. The minimum Gasteiger partial charge on any atom is -0.378 e. The average Bonchev–Trinajstić information content (AvgIpc) is 2.78. The molecule has 0 aliphatic heterocycles. The summed E-state index contributed by atoms with van der Waals surface area (Å²) in [5.41, 5.74) is 0.869. The van der Waals surface area contributed by atoms with Crippen LogP contribution in [0.1, 0.15) is 47.5 Å². The molecule has 0 radical (unpaired) electrons. The maximum atomic E-state index is 5.77. The van der Waals surface area contributed by atoms with Gasteiger partial charge in [0.2, 0.25) is 0 Å². The molecule has 0 unspecified atom stereocenters. The summed E-state index contributed by atoms with van der Waals surface area (Å²) in [7, 11) is 2.24. The van der Waals surface area contributed by atoms with Crippen molar-refractivity contribution in [1.29, 1.82) is 0 Å². The van der Waals surface area contributed by atoms with Gasteiger partial charge in [-0.2, -0.15) is 0 Å². The van der Waals surface area contributed by atoms with Gasteiger partial charge in [0.1, 0.15) is 0 Å². The van der Waals surface area contributed by atoms with Gasteiger partial charge < -0.3 is 9.64 Å². The summed E-state index contributed by atoms with van der Waals surface area (Å²) >= 11 is 0. The van der Waals surface area contributed by atoms with Gasteiger partial charge in [-0.05, 0) is 39.2 Å². The molecule has 0 aromatic heterocycles. The van der Waals surface area contributed by atoms with E-state index < -0.39 is 0 Å². The molecule has 0 spiro atoms. The van der Waals surface area contributed by atoms with Crippen molar-refractivity contribution < 1.29 is 4.74 Å². The summed E-state index contributed by atoms with van der Waals surface area (Å²) < 4.78 is 5.77. The van der Waals surface area contributed by atoms with E-state index in [-0.39, 0.29) is 0 Å². The lowest BCUT2D eigenvalue weighted by Gasteiger charge is -2.30. The normalized spacial score (nSPS) is 19.5. The molecule has 0 atom stereocenters. The molecule has 1 rings (SSSR count). The van der Waals surface area contributed by atoms with Crippen LogP contribution in [0.15, 0.2) is 0 Å². The van der Waals surface area contributed by atoms with Crippen LogP contribution in [0.3, 0.4) is 0 Å². The minimum atomic E-state index is 0.366. The van der Waals surface area contributed by atoms with Crippen LogP contribution in [0.5, 0.6) is 0 Å². The van der Waals surface area contributed by atoms with Crippen molar-refractivity contribution in [3.63, 3.8) is 0 Å². The van der Waals surface area contributed by atoms with E-state index >= 15 is 0 Å². The van der Waals surface area contributed by atoms with Crippen LogP contribution >= 0.6 is 0 Å². The second-order valence-corrected chi connectivity index (χ2v) is 7.09. The molecule has 0 saturated heterocycles. The van der Waals surface area contributed by atoms with E-state index in [0.29, 0.717) is 16.9 Å². The molecule has 2 nitrogen and oxygen atoms in total. The van der Waals surface area contributed by atoms with Crippen molar-refractivity contribution in [3.05, 3.63) is 0 Å². The van der Waals surface area contributed by atoms with Gasteiger partial charge in [0.05, 0.1) is 12.7 Å². The zero-order chi connectivity index (χ0) is 12.4. The highest BCUT2D eigenvalue weighted by molar-refractivity contribution is 4.95. The van der Waals surface area contributed by atoms with Gasteiger partial charge in [0.15, 0.2) is 0 Å². The van der Waals surface area contributed by atoms with Crippen molar-refractivity contribution in [3.8, 4) is 0 Å². The number of ether oxygens (including phenoxy) is 1. The van der Waals surface area contributed by atoms with Gasteiger partial charge in [-0.15, -0.1) is 0 Å². The summed E-state index contributed by atoms with van der Waals surface area (Å²) in [4.78, 5) is 2.47. The van der Waals surface area contributed by atoms with E-state index in [2.05, 4.69) is 46.6 Å². The molecule has 96 valence electrons. The lowest BCUT2D eigenvalue weighted by atomic mass is 9.95. The molecule has 0 aromatic carbocycles. The highest BCUT2D eigenvalue weighted by Crippen LogP contribution is 2.46. The fourth-order valence-corrected chi connectivity index (χ4v) is 2.31. The summed E-state index contributed by atoms with van der Waals surface area (Å²) in [6, 6.07) is 0. The molecule has 16 heavy (non-hydrogen) atoms. The highest BCUT2D eigenvalue weighted by atomic mass is 16.5. The Labute approximate surface area is 101 Å². The average molecular weight is 227 g/mol. The van der Waals surface area contributed by atoms with Gasteiger partial charge >= 0.3 is 0 Å². The minimum absolute atomic E-state index is 0.366. The van der Waals surface area contributed by atoms with Crippen molar-refractivity contribution in [2.24, 2.45) is 10.8 Å². The van der Waals surface area contributed by atoms with Gasteiger partial charge in [-0.1, -0.05) is 20.8 Å². The molecule has 0 N–H and O–H groups in total. The Morgan fingerprint density at radius 2 is 1.81 bits per heavy atom. The second-order valence-electron chi connectivity index (χ2n) is 7.09. The van der Waals surface area contributed by atoms with Crippen molar-refractivity contribution in [2.75, 3.05) is 26.7 Å². The Bertz CT molecular complexity index is 213. The molecular weight excluding hydrogens is 198 g/mol. The molecule has 0 aromatic rings. The van der Waals surface area contributed by atoms with Crippen LogP contribution in [-0.2, 0) is 4.74 Å². The number of hydrogen-bond donors (Lipinski definition) is 0. The Morgan fingerprint density at radius 1 is 1.25 bits per heavy atom. The Morgan fingerprint density at radius 3 is 2.19 bits per heavy atom. The van der Waals surface area contributed by atoms with Crippen LogP contribution in [-0.4, -0.2) is 37.7 Å². The Kier molecular flexibility index (Phi) is 4.42. The monoisotopic (exact) mass is 227 g/mol. The van der Waals surface area contributed by atoms with E-state index in [9.17, 15) is 0 Å². The van der Waals surface area contributed by atoms with Gasteiger partial charge in [-0.25, -0.2) is 0 Å². The fourth-order valence-electron chi connectivity index (χ4n) is 2.31. The largest absolute Gasteiger partial charge is 0.378 e. The maximum absolute atomic E-state index is 5.77. The van der Waals surface area contributed by atoms with Crippen LogP contribution in [0.25, 0.3) is 0 Å². The van der Waals surface area contributed by atoms with Gasteiger partial charge in [0, 0.05) is 18.5 Å². The topological polar surface area (TPSA) is 12.5 Å². The fraction of sp³-hybridized carbons (Fsp3) is 1.00. The van der Waals surface area contributed by atoms with Gasteiger partial charge in [0.25, 0.3) is 0 Å². The van der Waals surface area contributed by atoms with Crippen LogP contribution in [0.2, 0.25) is 0 Å². The predicted octanol–water partition coefficient (Wildman–Crippen LogP) is 3.17. The van der Waals surface area contributed by atoms with Crippen molar-refractivity contribution in [2.45, 2.75) is 53.6 Å². The predicted molar refractivity (Wildman–Crippen MR) is 69.7 cm³/mol. The first-order valence-electron chi connectivity index (χ1n) is 6.53. The second kappa shape index (κ2) is 5.05. The SMILES string of the molecule is CC(C)OCC1(CN(C)CC(C)(C)C)CC1. The smallest absolute Gasteiger partial charge is 0.0538 e. The van der Waals surface area contributed by atoms with E-state index in [1.807, 2.05) is 0 Å². The summed E-state index contributed by atoms with van der Waals surface area (Å²) in [6.07, 6.45) is 3.05. The van der Waals surface area contributed by atoms with Crippen LogP contribution < -0.4 is 0 Å². The first-order chi connectivity index (χ1) is 7.22. The Hall–Kier alpha value is -0.0800. The van der Waals surface area contributed by atoms with Gasteiger partial charge in [-0.3, -0.25) is 0 Å². The standard InChI is InChI=1S/C14H29NO/c1-12(2)16-11-14(7-8-14)10-15(6)9-13(3,4)5/h12H,7-11H2,1-6H3. The van der Waals surface area contributed by atoms with Crippen molar-refractivity contribution >= 4 is 0 Å². The first kappa shape index (κ1) is 14.0. The zero-order valence-corrected chi connectivity index (χ0v) is 12.0. The number of rotatable bonds is 6. The molecule has 2 heteroatoms. The summed E-state index contributed by atoms with van der Waals surface area (Å²) in [5, 5.41) is 0. The summed E-state index contributed by atoms with van der Waals surface area (Å²) in [6.45, 7) is 14.4. The number of hydrogen-bond acceptors (Lipinski definition) is 2. The zero-order valence-electron chi connectivity index (χ0n) is 12.0. The molecule has 1 aliphatic carbocycles. The van der Waals surface area contributed by atoms with Crippen LogP contribution in [0, 0.1) is 10.8 Å². The first-order valence-corrected chi connectivity index (χ1v) is 6.53. The molecule has 0 heterocycles. The van der Waals surface area contributed by atoms with Crippen molar-refractivity contribution in [1.82, 2.24) is 4.90 Å². The van der Waals surface area contributed by atoms with Crippen LogP contribution in [0.4, 0.5) is 0 Å². The molecule has 0 bridgehead atoms. The van der Waals surface area contributed by atoms with E-state index in [0.717, 1.165) is 13.2 Å². The van der Waals surface area contributed by atoms with E-state index in [1.165, 1.54) is 19.4 Å².